The van der Waals surface area contributed by atoms with E-state index in [1.807, 2.05) is 30.7 Å². The summed E-state index contributed by atoms with van der Waals surface area (Å²) in [6.07, 6.45) is 1.93. The minimum absolute atomic E-state index is 0. The third-order valence-electron chi connectivity index (χ3n) is 5.55. The highest BCUT2D eigenvalue weighted by molar-refractivity contribution is 14.0. The second-order valence-electron chi connectivity index (χ2n) is 7.42. The van der Waals surface area contributed by atoms with Crippen molar-refractivity contribution in [3.63, 3.8) is 0 Å². The number of rotatable bonds is 6. The Morgan fingerprint density at radius 2 is 1.90 bits per heavy atom. The minimum Gasteiger partial charge on any atom is -0.497 e. The molecule has 4 rings (SSSR count). The van der Waals surface area contributed by atoms with Crippen molar-refractivity contribution in [2.45, 2.75) is 26.3 Å². The Bertz CT molecular complexity index is 1030. The summed E-state index contributed by atoms with van der Waals surface area (Å²) in [5.74, 6) is 3.51. The van der Waals surface area contributed by atoms with Crippen LogP contribution < -0.4 is 15.0 Å². The number of aliphatic imine (C=N–C) groups is 1. The van der Waals surface area contributed by atoms with Gasteiger partial charge in [-0.05, 0) is 49.1 Å². The van der Waals surface area contributed by atoms with E-state index in [4.69, 9.17) is 9.73 Å². The molecule has 0 amide bonds. The first-order chi connectivity index (χ1) is 14.7. The van der Waals surface area contributed by atoms with Crippen LogP contribution in [0, 0.1) is 6.92 Å². The molecule has 31 heavy (non-hydrogen) atoms. The van der Waals surface area contributed by atoms with Crippen LogP contribution in [0.15, 0.2) is 53.5 Å². The van der Waals surface area contributed by atoms with Crippen molar-refractivity contribution < 1.29 is 4.74 Å². The number of fused-ring (bicyclic) bond motifs is 1. The van der Waals surface area contributed by atoms with Crippen LogP contribution in [0.4, 0.5) is 5.69 Å². The Labute approximate surface area is 200 Å². The number of para-hydroxylation sites is 1. The Kier molecular flexibility index (Phi) is 7.89. The number of nitrogens with one attached hydrogen (secondary N) is 1. The molecule has 1 N–H and O–H groups in total. The maximum absolute atomic E-state index is 5.24. The molecule has 0 spiro atoms. The van der Waals surface area contributed by atoms with Crippen molar-refractivity contribution >= 4 is 35.6 Å². The predicted molar refractivity (Wildman–Crippen MR) is 134 cm³/mol. The number of methoxy groups -OCH3 is 1. The summed E-state index contributed by atoms with van der Waals surface area (Å²) >= 11 is 0. The number of aromatic nitrogens is 3. The average molecular weight is 532 g/mol. The lowest BCUT2D eigenvalue weighted by Crippen LogP contribution is -2.41. The molecule has 0 radical (unpaired) electrons. The fourth-order valence-electron chi connectivity index (χ4n) is 3.64. The largest absolute Gasteiger partial charge is 0.497 e. The first kappa shape index (κ1) is 23.1. The molecule has 0 fully saturated rings. The fourth-order valence-corrected chi connectivity index (χ4v) is 3.64. The minimum atomic E-state index is 0. The number of aryl methyl sites for hydroxylation is 1. The molecule has 164 valence electrons. The Balaban J connectivity index is 0.00000272. The van der Waals surface area contributed by atoms with Crippen molar-refractivity contribution in [3.05, 3.63) is 71.3 Å². The SMILES string of the molecule is COc1ccc(CCNC(=NCc2nnc(C)n2C)N2CCc3ccccc32)cc1.I. The van der Waals surface area contributed by atoms with Crippen molar-refractivity contribution in [3.8, 4) is 5.75 Å². The Morgan fingerprint density at radius 3 is 2.61 bits per heavy atom. The Morgan fingerprint density at radius 1 is 1.13 bits per heavy atom. The highest BCUT2D eigenvalue weighted by Crippen LogP contribution is 2.27. The van der Waals surface area contributed by atoms with E-state index in [-0.39, 0.29) is 24.0 Å². The van der Waals surface area contributed by atoms with E-state index in [0.29, 0.717) is 6.54 Å². The van der Waals surface area contributed by atoms with E-state index in [2.05, 4.69) is 56.8 Å². The first-order valence-corrected chi connectivity index (χ1v) is 10.3. The van der Waals surface area contributed by atoms with Crippen LogP contribution in [0.3, 0.4) is 0 Å². The second kappa shape index (κ2) is 10.6. The quantitative estimate of drug-likeness (QED) is 0.299. The summed E-state index contributed by atoms with van der Waals surface area (Å²) in [7, 11) is 3.66. The van der Waals surface area contributed by atoms with Crippen LogP contribution in [0.5, 0.6) is 5.75 Å². The van der Waals surface area contributed by atoms with Gasteiger partial charge in [-0.2, -0.15) is 0 Å². The molecule has 2 heterocycles. The highest BCUT2D eigenvalue weighted by Gasteiger charge is 2.22. The molecule has 0 saturated heterocycles. The zero-order chi connectivity index (χ0) is 20.9. The number of anilines is 1. The zero-order valence-electron chi connectivity index (χ0n) is 18.2. The summed E-state index contributed by atoms with van der Waals surface area (Å²) in [6.45, 7) is 4.15. The van der Waals surface area contributed by atoms with Crippen LogP contribution in [0.1, 0.15) is 22.8 Å². The molecule has 0 aliphatic carbocycles. The Hall–Kier alpha value is -2.62. The summed E-state index contributed by atoms with van der Waals surface area (Å²) in [6, 6.07) is 16.7. The summed E-state index contributed by atoms with van der Waals surface area (Å²) < 4.78 is 7.23. The topological polar surface area (TPSA) is 67.6 Å². The number of nitrogens with zero attached hydrogens (tertiary/aromatic N) is 5. The van der Waals surface area contributed by atoms with Crippen molar-refractivity contribution in [2.24, 2.45) is 12.0 Å². The van der Waals surface area contributed by atoms with Crippen molar-refractivity contribution in [2.75, 3.05) is 25.1 Å². The van der Waals surface area contributed by atoms with Crippen LogP contribution >= 0.6 is 24.0 Å². The molecule has 0 bridgehead atoms. The lowest BCUT2D eigenvalue weighted by Gasteiger charge is -2.23. The normalized spacial score (nSPS) is 13.0. The van der Waals surface area contributed by atoms with Gasteiger partial charge in [-0.1, -0.05) is 30.3 Å². The maximum Gasteiger partial charge on any atom is 0.198 e. The zero-order valence-corrected chi connectivity index (χ0v) is 20.5. The molecule has 3 aromatic rings. The third kappa shape index (κ3) is 5.36. The maximum atomic E-state index is 5.24. The first-order valence-electron chi connectivity index (χ1n) is 10.3. The van der Waals surface area contributed by atoms with E-state index in [0.717, 1.165) is 49.3 Å². The smallest absolute Gasteiger partial charge is 0.198 e. The van der Waals surface area contributed by atoms with E-state index < -0.39 is 0 Å². The average Bonchev–Trinajstić information content (AvgIpc) is 3.35. The van der Waals surface area contributed by atoms with Gasteiger partial charge in [-0.3, -0.25) is 0 Å². The highest BCUT2D eigenvalue weighted by atomic mass is 127. The van der Waals surface area contributed by atoms with Crippen LogP contribution in [0.2, 0.25) is 0 Å². The van der Waals surface area contributed by atoms with Gasteiger partial charge in [0.25, 0.3) is 0 Å². The number of guanidine groups is 1. The van der Waals surface area contributed by atoms with Gasteiger partial charge in [0.2, 0.25) is 0 Å². The van der Waals surface area contributed by atoms with Gasteiger partial charge in [-0.15, -0.1) is 34.2 Å². The summed E-state index contributed by atoms with van der Waals surface area (Å²) in [4.78, 5) is 7.17. The molecule has 1 aromatic heterocycles. The molecule has 0 saturated carbocycles. The predicted octanol–water partition coefficient (Wildman–Crippen LogP) is 3.50. The van der Waals surface area contributed by atoms with E-state index >= 15 is 0 Å². The van der Waals surface area contributed by atoms with Gasteiger partial charge in [0, 0.05) is 25.8 Å². The second-order valence-corrected chi connectivity index (χ2v) is 7.42. The number of hydrogen-bond acceptors (Lipinski definition) is 4. The van der Waals surface area contributed by atoms with Gasteiger partial charge >= 0.3 is 0 Å². The molecule has 8 heteroatoms. The number of ether oxygens (including phenoxy) is 1. The molecular formula is C23H29IN6O. The van der Waals surface area contributed by atoms with E-state index in [1.165, 1.54) is 16.8 Å². The molecular weight excluding hydrogens is 503 g/mol. The van der Waals surface area contributed by atoms with Gasteiger partial charge in [0.1, 0.15) is 18.1 Å². The molecule has 0 atom stereocenters. The lowest BCUT2D eigenvalue weighted by molar-refractivity contribution is 0.414. The third-order valence-corrected chi connectivity index (χ3v) is 5.55. The van der Waals surface area contributed by atoms with Crippen molar-refractivity contribution in [1.29, 1.82) is 0 Å². The molecule has 7 nitrogen and oxygen atoms in total. The molecule has 0 unspecified atom stereocenters. The monoisotopic (exact) mass is 532 g/mol. The lowest BCUT2D eigenvalue weighted by atomic mass is 10.1. The number of benzene rings is 2. The fraction of sp³-hybridized carbons (Fsp3) is 0.348. The van der Waals surface area contributed by atoms with E-state index in [9.17, 15) is 0 Å². The van der Waals surface area contributed by atoms with Gasteiger partial charge in [0.15, 0.2) is 11.8 Å². The van der Waals surface area contributed by atoms with Gasteiger partial charge < -0.3 is 19.5 Å². The number of hydrogen-bond donors (Lipinski definition) is 1. The molecule has 1 aliphatic heterocycles. The van der Waals surface area contributed by atoms with Gasteiger partial charge in [-0.25, -0.2) is 4.99 Å². The summed E-state index contributed by atoms with van der Waals surface area (Å²) in [5, 5.41) is 12.0. The van der Waals surface area contributed by atoms with Crippen molar-refractivity contribution in [1.82, 2.24) is 20.1 Å². The molecule has 2 aromatic carbocycles. The number of halogens is 1. The van der Waals surface area contributed by atoms with E-state index in [1.54, 1.807) is 7.11 Å². The standard InChI is InChI=1S/C23H28N6O.HI/c1-17-26-27-22(28(17)2)16-25-23(29-15-13-19-6-4-5-7-21(19)29)24-14-12-18-8-10-20(30-3)11-9-18;/h4-11H,12-16H2,1-3H3,(H,24,25);1H. The van der Waals surface area contributed by atoms with Crippen LogP contribution in [0.25, 0.3) is 0 Å². The van der Waals surface area contributed by atoms with Gasteiger partial charge in [0.05, 0.1) is 7.11 Å². The molecule has 1 aliphatic rings. The summed E-state index contributed by atoms with van der Waals surface area (Å²) in [5.41, 5.74) is 3.84. The van der Waals surface area contributed by atoms with Crippen LogP contribution in [-0.2, 0) is 26.4 Å². The van der Waals surface area contributed by atoms with Crippen LogP contribution in [-0.4, -0.2) is 40.9 Å².